The molecule has 3 aromatic rings. The zero-order valence-corrected chi connectivity index (χ0v) is 13.2. The Morgan fingerprint density at radius 1 is 0.609 bits per heavy atom. The molecule has 1 nitrogen and oxygen atoms in total. The first-order valence-corrected chi connectivity index (χ1v) is 8.31. The van der Waals surface area contributed by atoms with E-state index in [2.05, 4.69) is 95.9 Å². The van der Waals surface area contributed by atoms with Crippen molar-refractivity contribution in [2.75, 3.05) is 0 Å². The summed E-state index contributed by atoms with van der Waals surface area (Å²) >= 11 is 0. The predicted molar refractivity (Wildman–Crippen MR) is 95.0 cm³/mol. The maximum absolute atomic E-state index is 2.62. The minimum Gasteiger partial charge on any atom is -0.285 e. The third-order valence-corrected chi connectivity index (χ3v) is 4.82. The Hall–Kier alpha value is -2.38. The van der Waals surface area contributed by atoms with Crippen LogP contribution in [-0.2, 0) is 6.54 Å². The molecule has 0 saturated carbocycles. The van der Waals surface area contributed by atoms with Gasteiger partial charge in [0.25, 0.3) is 0 Å². The van der Waals surface area contributed by atoms with Gasteiger partial charge < -0.3 is 0 Å². The average Bonchev–Trinajstić information content (AvgIpc) is 2.62. The average molecular weight is 299 g/mol. The Kier molecular flexibility index (Phi) is 3.95. The number of likely N-dealkylation sites (tertiary alicyclic amines) is 1. The molecule has 0 aliphatic carbocycles. The second-order valence-electron chi connectivity index (χ2n) is 6.25. The van der Waals surface area contributed by atoms with Crippen LogP contribution in [0.25, 0.3) is 0 Å². The highest BCUT2D eigenvalue weighted by atomic mass is 15.2. The van der Waals surface area contributed by atoms with Gasteiger partial charge in [-0.3, -0.25) is 4.90 Å². The Labute approximate surface area is 138 Å². The van der Waals surface area contributed by atoms with Crippen LogP contribution >= 0.6 is 0 Å². The highest BCUT2D eigenvalue weighted by molar-refractivity contribution is 5.29. The van der Waals surface area contributed by atoms with E-state index in [1.165, 1.54) is 23.1 Å². The number of benzene rings is 3. The molecule has 0 aromatic heterocycles. The monoisotopic (exact) mass is 299 g/mol. The van der Waals surface area contributed by atoms with Crippen LogP contribution in [0.2, 0.25) is 0 Å². The highest BCUT2D eigenvalue weighted by Gasteiger charge is 2.39. The molecule has 23 heavy (non-hydrogen) atoms. The molecule has 0 unspecified atom stereocenters. The molecule has 1 heteroatoms. The van der Waals surface area contributed by atoms with E-state index in [-0.39, 0.29) is 0 Å². The normalized spacial score (nSPS) is 20.9. The van der Waals surface area contributed by atoms with Crippen molar-refractivity contribution in [1.29, 1.82) is 0 Å². The van der Waals surface area contributed by atoms with Gasteiger partial charge in [0.2, 0.25) is 0 Å². The Morgan fingerprint density at radius 3 is 1.52 bits per heavy atom. The second kappa shape index (κ2) is 6.39. The Morgan fingerprint density at radius 2 is 1.04 bits per heavy atom. The molecule has 0 amide bonds. The van der Waals surface area contributed by atoms with E-state index in [4.69, 9.17) is 0 Å². The summed E-state index contributed by atoms with van der Waals surface area (Å²) in [6, 6.07) is 33.6. The van der Waals surface area contributed by atoms with Gasteiger partial charge in [0.1, 0.15) is 0 Å². The molecule has 0 radical (unpaired) electrons. The van der Waals surface area contributed by atoms with Crippen LogP contribution in [0.1, 0.15) is 35.2 Å². The first-order valence-electron chi connectivity index (χ1n) is 8.31. The van der Waals surface area contributed by atoms with Crippen molar-refractivity contribution in [2.45, 2.75) is 25.0 Å². The van der Waals surface area contributed by atoms with Crippen molar-refractivity contribution in [3.05, 3.63) is 108 Å². The van der Waals surface area contributed by atoms with Crippen molar-refractivity contribution in [1.82, 2.24) is 4.90 Å². The fourth-order valence-electron chi connectivity index (χ4n) is 3.58. The largest absolute Gasteiger partial charge is 0.285 e. The van der Waals surface area contributed by atoms with Crippen molar-refractivity contribution < 1.29 is 0 Å². The van der Waals surface area contributed by atoms with Gasteiger partial charge in [-0.05, 0) is 23.1 Å². The summed E-state index contributed by atoms with van der Waals surface area (Å²) < 4.78 is 0. The lowest BCUT2D eigenvalue weighted by Crippen LogP contribution is -2.43. The minimum atomic E-state index is 0.515. The highest BCUT2D eigenvalue weighted by Crippen LogP contribution is 2.48. The summed E-state index contributed by atoms with van der Waals surface area (Å²) in [6.07, 6.45) is 1.20. The van der Waals surface area contributed by atoms with Crippen molar-refractivity contribution in [3.63, 3.8) is 0 Å². The number of hydrogen-bond acceptors (Lipinski definition) is 1. The second-order valence-corrected chi connectivity index (χ2v) is 6.25. The van der Waals surface area contributed by atoms with E-state index in [1.54, 1.807) is 0 Å². The third kappa shape index (κ3) is 2.93. The van der Waals surface area contributed by atoms with E-state index >= 15 is 0 Å². The van der Waals surface area contributed by atoms with Gasteiger partial charge in [0.15, 0.2) is 0 Å². The summed E-state index contributed by atoms with van der Waals surface area (Å²) in [5.74, 6) is 0. The van der Waals surface area contributed by atoms with E-state index in [9.17, 15) is 0 Å². The van der Waals surface area contributed by atoms with E-state index in [1.807, 2.05) is 0 Å². The molecule has 114 valence electrons. The standard InChI is InChI=1S/C22H21N/c1-4-10-18(11-5-1)17-23-21(19-12-6-2-7-13-19)16-22(23)20-14-8-3-9-15-20/h1-15,21-22H,16-17H2/t21-,22-/m0/s1. The van der Waals surface area contributed by atoms with Gasteiger partial charge in [-0.1, -0.05) is 91.0 Å². The summed E-state index contributed by atoms with van der Waals surface area (Å²) in [6.45, 7) is 1.000. The van der Waals surface area contributed by atoms with Crippen LogP contribution in [0.4, 0.5) is 0 Å². The van der Waals surface area contributed by atoms with Gasteiger partial charge in [0.05, 0.1) is 0 Å². The molecule has 1 aliphatic heterocycles. The van der Waals surface area contributed by atoms with E-state index in [0.717, 1.165) is 6.54 Å². The summed E-state index contributed by atoms with van der Waals surface area (Å²) in [4.78, 5) is 2.62. The smallest absolute Gasteiger partial charge is 0.0376 e. The molecule has 3 aromatic carbocycles. The van der Waals surface area contributed by atoms with Gasteiger partial charge in [-0.25, -0.2) is 0 Å². The lowest BCUT2D eigenvalue weighted by molar-refractivity contribution is 0.00347. The summed E-state index contributed by atoms with van der Waals surface area (Å²) in [5, 5.41) is 0. The van der Waals surface area contributed by atoms with Gasteiger partial charge in [-0.15, -0.1) is 0 Å². The van der Waals surface area contributed by atoms with Crippen LogP contribution in [-0.4, -0.2) is 4.90 Å². The maximum atomic E-state index is 2.62. The van der Waals surface area contributed by atoms with Gasteiger partial charge in [-0.2, -0.15) is 0 Å². The molecule has 0 bridgehead atoms. The van der Waals surface area contributed by atoms with Crippen LogP contribution in [0.15, 0.2) is 91.0 Å². The van der Waals surface area contributed by atoms with E-state index < -0.39 is 0 Å². The molecule has 1 heterocycles. The van der Waals surface area contributed by atoms with Gasteiger partial charge >= 0.3 is 0 Å². The van der Waals surface area contributed by atoms with Gasteiger partial charge in [0, 0.05) is 18.6 Å². The molecule has 0 N–H and O–H groups in total. The Balaban J connectivity index is 1.62. The van der Waals surface area contributed by atoms with Crippen LogP contribution in [0.5, 0.6) is 0 Å². The predicted octanol–water partition coefficient (Wildman–Crippen LogP) is 5.37. The summed E-state index contributed by atoms with van der Waals surface area (Å²) in [5.41, 5.74) is 4.24. The van der Waals surface area contributed by atoms with Crippen molar-refractivity contribution >= 4 is 0 Å². The third-order valence-electron chi connectivity index (χ3n) is 4.82. The van der Waals surface area contributed by atoms with Crippen molar-refractivity contribution in [3.8, 4) is 0 Å². The first-order chi connectivity index (χ1) is 11.4. The lowest BCUT2D eigenvalue weighted by Gasteiger charge is -2.49. The van der Waals surface area contributed by atoms with E-state index in [0.29, 0.717) is 12.1 Å². The molecule has 1 fully saturated rings. The quantitative estimate of drug-likeness (QED) is 0.625. The number of hydrogen-bond donors (Lipinski definition) is 0. The molecule has 2 atom stereocenters. The molecule has 1 aliphatic rings. The maximum Gasteiger partial charge on any atom is 0.0376 e. The molecule has 1 saturated heterocycles. The molecule has 0 spiro atoms. The zero-order valence-electron chi connectivity index (χ0n) is 13.2. The van der Waals surface area contributed by atoms with Crippen LogP contribution in [0.3, 0.4) is 0 Å². The fourth-order valence-corrected chi connectivity index (χ4v) is 3.58. The number of rotatable bonds is 4. The minimum absolute atomic E-state index is 0.515. The zero-order chi connectivity index (χ0) is 15.5. The van der Waals surface area contributed by atoms with Crippen molar-refractivity contribution in [2.24, 2.45) is 0 Å². The summed E-state index contributed by atoms with van der Waals surface area (Å²) in [7, 11) is 0. The molecular weight excluding hydrogens is 278 g/mol. The Bertz CT molecular complexity index is 691. The van der Waals surface area contributed by atoms with Crippen LogP contribution in [0, 0.1) is 0 Å². The first kappa shape index (κ1) is 14.2. The fraction of sp³-hybridized carbons (Fsp3) is 0.182. The molecule has 4 rings (SSSR count). The SMILES string of the molecule is c1ccc(CN2[C@H](c3ccccc3)C[C@H]2c2ccccc2)cc1. The number of nitrogens with zero attached hydrogens (tertiary/aromatic N) is 1. The van der Waals surface area contributed by atoms with Crippen LogP contribution < -0.4 is 0 Å². The topological polar surface area (TPSA) is 3.24 Å². The lowest BCUT2D eigenvalue weighted by atomic mass is 9.83. The molecular formula is C22H21N.